The fourth-order valence-corrected chi connectivity index (χ4v) is 0. The molecule has 0 amide bonds. The minimum Gasteiger partial charge on any atom is -0.479 e. The minimum absolute atomic E-state index is 0.630. The highest BCUT2D eigenvalue weighted by Crippen LogP contribution is 1.73. The second kappa shape index (κ2) is 6.71. The summed E-state index contributed by atoms with van der Waals surface area (Å²) < 4.78 is 0. The van der Waals surface area contributed by atoms with E-state index in [1.807, 2.05) is 0 Å². The summed E-state index contributed by atoms with van der Waals surface area (Å²) in [5.41, 5.74) is 0. The molecule has 0 aromatic rings. The molecule has 4 N–H and O–H groups in total. The van der Waals surface area contributed by atoms with Gasteiger partial charge in [-0.15, -0.1) is 0 Å². The maximum Gasteiger partial charge on any atom is 0.332 e. The Kier molecular flexibility index (Phi) is 7.61. The molecule has 0 aliphatic heterocycles. The maximum atomic E-state index is 9.64. The molecular weight excluding hydrogens is 168 g/mol. The summed E-state index contributed by atoms with van der Waals surface area (Å²) >= 11 is 0. The summed E-state index contributed by atoms with van der Waals surface area (Å²) in [5, 5.41) is 31.4. The van der Waals surface area contributed by atoms with Gasteiger partial charge in [0.05, 0.1) is 0 Å². The van der Waals surface area contributed by atoms with Crippen molar-refractivity contribution in [2.45, 2.75) is 26.2 Å². The zero-order valence-electron chi connectivity index (χ0n) is 6.76. The van der Waals surface area contributed by atoms with Crippen LogP contribution in [-0.4, -0.2) is 44.6 Å². The second-order valence-corrected chi connectivity index (χ2v) is 2.00. The summed E-state index contributed by atoms with van der Waals surface area (Å²) in [6.07, 6.45) is -3.02. The van der Waals surface area contributed by atoms with Gasteiger partial charge in [-0.3, -0.25) is 4.79 Å². The summed E-state index contributed by atoms with van der Waals surface area (Å²) in [6, 6.07) is 0. The predicted molar refractivity (Wildman–Crippen MR) is 38.2 cm³/mol. The van der Waals surface area contributed by atoms with Gasteiger partial charge in [0.1, 0.15) is 6.10 Å². The van der Waals surface area contributed by atoms with Crippen molar-refractivity contribution in [3.63, 3.8) is 0 Å². The number of carboxylic acids is 1. The first-order valence-electron chi connectivity index (χ1n) is 3.06. The van der Waals surface area contributed by atoms with Crippen LogP contribution in [0.2, 0.25) is 0 Å². The number of rotatable bonds is 2. The lowest BCUT2D eigenvalue weighted by Gasteiger charge is -1.90. The molecule has 0 aromatic carbocycles. The Labute approximate surface area is 69.1 Å². The van der Waals surface area contributed by atoms with Crippen molar-refractivity contribution in [3.8, 4) is 0 Å². The molecule has 0 saturated heterocycles. The highest BCUT2D eigenvalue weighted by Gasteiger charge is 2.01. The molecule has 0 saturated carbocycles. The third kappa shape index (κ3) is 11.8. The summed E-state index contributed by atoms with van der Waals surface area (Å²) in [6.45, 7) is 2.30. The molecule has 0 aliphatic rings. The topological polar surface area (TPSA) is 115 Å². The Morgan fingerprint density at radius 1 is 1.17 bits per heavy atom. The number of aliphatic hydroxyl groups is 3. The molecule has 0 heterocycles. The van der Waals surface area contributed by atoms with E-state index in [1.165, 1.54) is 6.92 Å². The van der Waals surface area contributed by atoms with Gasteiger partial charge in [0.25, 0.3) is 0 Å². The molecule has 0 aliphatic carbocycles. The summed E-state index contributed by atoms with van der Waals surface area (Å²) in [5.74, 6) is -1.81. The zero-order chi connectivity index (χ0) is 10.3. The van der Waals surface area contributed by atoms with E-state index in [0.717, 1.165) is 6.92 Å². The molecule has 0 spiro atoms. The number of aliphatic carboxylic acids is 1. The molecule has 1 atom stereocenters. The largest absolute Gasteiger partial charge is 0.479 e. The van der Waals surface area contributed by atoms with E-state index in [-0.39, 0.29) is 0 Å². The number of carbonyl (C=O) groups is 2. The highest BCUT2D eigenvalue weighted by atomic mass is 16.5. The van der Waals surface area contributed by atoms with E-state index in [1.54, 1.807) is 0 Å². The van der Waals surface area contributed by atoms with Crippen LogP contribution in [0.4, 0.5) is 0 Å². The lowest BCUT2D eigenvalue weighted by Crippen LogP contribution is -2.14. The average molecular weight is 180 g/mol. The van der Waals surface area contributed by atoms with E-state index < -0.39 is 24.1 Å². The standard InChI is InChI=1S/2C3H6O3/c2*1-2(4)3(5)6/h3,5-6H,1H3;2,4H,1H3,(H,5,6). The first-order chi connectivity index (χ1) is 5.29. The maximum absolute atomic E-state index is 9.64. The van der Waals surface area contributed by atoms with Gasteiger partial charge in [-0.25, -0.2) is 4.79 Å². The molecular formula is C6H12O6. The molecule has 1 unspecified atom stereocenters. The SMILES string of the molecule is CC(=O)C(O)O.CC(O)C(=O)O. The Bertz CT molecular complexity index is 132. The second-order valence-electron chi connectivity index (χ2n) is 2.00. The van der Waals surface area contributed by atoms with Gasteiger partial charge >= 0.3 is 5.97 Å². The van der Waals surface area contributed by atoms with Crippen LogP contribution in [0, 0.1) is 0 Å². The van der Waals surface area contributed by atoms with Crippen LogP contribution >= 0.6 is 0 Å². The third-order valence-corrected chi connectivity index (χ3v) is 0.721. The van der Waals surface area contributed by atoms with Gasteiger partial charge in [0.15, 0.2) is 5.78 Å². The van der Waals surface area contributed by atoms with Crippen LogP contribution in [0.25, 0.3) is 0 Å². The fourth-order valence-electron chi connectivity index (χ4n) is 0. The Morgan fingerprint density at radius 2 is 1.33 bits per heavy atom. The van der Waals surface area contributed by atoms with Crippen LogP contribution < -0.4 is 0 Å². The molecule has 6 nitrogen and oxygen atoms in total. The number of hydrogen-bond acceptors (Lipinski definition) is 5. The van der Waals surface area contributed by atoms with Crippen LogP contribution in [-0.2, 0) is 9.59 Å². The lowest BCUT2D eigenvalue weighted by atomic mass is 10.4. The quantitative estimate of drug-likeness (QED) is 0.378. The molecule has 0 fully saturated rings. The van der Waals surface area contributed by atoms with Gasteiger partial charge in [0.2, 0.25) is 6.29 Å². The smallest absolute Gasteiger partial charge is 0.332 e. The fraction of sp³-hybridized carbons (Fsp3) is 0.667. The van der Waals surface area contributed by atoms with E-state index in [9.17, 15) is 9.59 Å². The average Bonchev–Trinajstić information content (AvgIpc) is 1.88. The molecule has 0 bridgehead atoms. The molecule has 6 heteroatoms. The van der Waals surface area contributed by atoms with E-state index in [4.69, 9.17) is 20.4 Å². The van der Waals surface area contributed by atoms with E-state index >= 15 is 0 Å². The highest BCUT2D eigenvalue weighted by molar-refractivity contribution is 5.78. The first-order valence-corrected chi connectivity index (χ1v) is 3.06. The summed E-state index contributed by atoms with van der Waals surface area (Å²) in [7, 11) is 0. The van der Waals surface area contributed by atoms with Crippen LogP contribution in [0.5, 0.6) is 0 Å². The van der Waals surface area contributed by atoms with Crippen molar-refractivity contribution in [1.82, 2.24) is 0 Å². The minimum atomic E-state index is -1.79. The molecule has 12 heavy (non-hydrogen) atoms. The van der Waals surface area contributed by atoms with Gasteiger partial charge in [-0.05, 0) is 13.8 Å². The number of carboxylic acid groups (broad SMARTS) is 1. The Balaban J connectivity index is 0. The van der Waals surface area contributed by atoms with Crippen LogP contribution in [0.1, 0.15) is 13.8 Å². The third-order valence-electron chi connectivity index (χ3n) is 0.721. The Morgan fingerprint density at radius 3 is 1.33 bits per heavy atom. The van der Waals surface area contributed by atoms with Crippen molar-refractivity contribution >= 4 is 11.8 Å². The van der Waals surface area contributed by atoms with Gasteiger partial charge in [-0.1, -0.05) is 0 Å². The normalized spacial score (nSPS) is 11.5. The number of Topliss-reactive ketones (excluding diaryl/α,β-unsaturated/α-hetero) is 1. The van der Waals surface area contributed by atoms with E-state index in [2.05, 4.69) is 0 Å². The van der Waals surface area contributed by atoms with Crippen LogP contribution in [0.15, 0.2) is 0 Å². The zero-order valence-corrected chi connectivity index (χ0v) is 6.76. The van der Waals surface area contributed by atoms with Gasteiger partial charge in [-0.2, -0.15) is 0 Å². The molecule has 0 radical (unpaired) electrons. The number of ketones is 1. The van der Waals surface area contributed by atoms with Crippen LogP contribution in [0.3, 0.4) is 0 Å². The van der Waals surface area contributed by atoms with Crippen molar-refractivity contribution < 1.29 is 30.0 Å². The predicted octanol–water partition coefficient (Wildman–Crippen LogP) is -1.66. The first kappa shape index (κ1) is 13.6. The number of hydrogen-bond donors (Lipinski definition) is 4. The Hall–Kier alpha value is -0.980. The lowest BCUT2D eigenvalue weighted by molar-refractivity contribution is -0.145. The monoisotopic (exact) mass is 180 g/mol. The van der Waals surface area contributed by atoms with Gasteiger partial charge in [0, 0.05) is 0 Å². The van der Waals surface area contributed by atoms with Gasteiger partial charge < -0.3 is 20.4 Å². The van der Waals surface area contributed by atoms with Crippen molar-refractivity contribution in [3.05, 3.63) is 0 Å². The molecule has 72 valence electrons. The van der Waals surface area contributed by atoms with Crippen molar-refractivity contribution in [1.29, 1.82) is 0 Å². The molecule has 0 aromatic heterocycles. The van der Waals surface area contributed by atoms with E-state index in [0.29, 0.717) is 0 Å². The number of aliphatic hydroxyl groups excluding tert-OH is 2. The van der Waals surface area contributed by atoms with Crippen molar-refractivity contribution in [2.24, 2.45) is 0 Å². The number of carbonyl (C=O) groups excluding carboxylic acids is 1. The molecule has 0 rings (SSSR count). The summed E-state index contributed by atoms with van der Waals surface area (Å²) in [4.78, 5) is 19.1. The van der Waals surface area contributed by atoms with Crippen molar-refractivity contribution in [2.75, 3.05) is 0 Å².